The highest BCUT2D eigenvalue weighted by Gasteiger charge is 2.24. The number of ether oxygens (including phenoxy) is 2. The monoisotopic (exact) mass is 451 g/mol. The van der Waals surface area contributed by atoms with E-state index in [1.165, 1.54) is 12.1 Å². The van der Waals surface area contributed by atoms with Crippen molar-refractivity contribution in [2.45, 2.75) is 19.1 Å². The minimum absolute atomic E-state index is 0.302. The number of aromatic nitrogens is 4. The average Bonchev–Trinajstić information content (AvgIpc) is 3.54. The van der Waals surface area contributed by atoms with E-state index in [1.54, 1.807) is 18.3 Å². The Kier molecular flexibility index (Phi) is 6.54. The first-order chi connectivity index (χ1) is 16.3. The van der Waals surface area contributed by atoms with E-state index in [0.717, 1.165) is 44.6 Å². The summed E-state index contributed by atoms with van der Waals surface area (Å²) in [5.74, 6) is 0.794. The van der Waals surface area contributed by atoms with Crippen molar-refractivity contribution in [3.63, 3.8) is 0 Å². The number of imidazole rings is 1. The molecule has 2 N–H and O–H groups in total. The highest BCUT2D eigenvalue weighted by molar-refractivity contribution is 5.77. The standard InChI is InChI=1S/C23H26FN7O2/c24-17-5-3-16(4-6-17)19-20(30-21(29-19)22-32-13-2-14-33-22)18-7-9-27-23(28-18)26-8-1-11-31-12-10-25-15-31/h3-7,9,15,22H,1-2,8,10-14H2,(H,29,30)(H,26,27,28). The van der Waals surface area contributed by atoms with Crippen LogP contribution in [0.25, 0.3) is 22.6 Å². The number of rotatable bonds is 8. The van der Waals surface area contributed by atoms with Crippen LogP contribution in [-0.4, -0.2) is 70.6 Å². The molecule has 33 heavy (non-hydrogen) atoms. The quantitative estimate of drug-likeness (QED) is 0.507. The van der Waals surface area contributed by atoms with Crippen molar-refractivity contribution in [2.75, 3.05) is 44.7 Å². The van der Waals surface area contributed by atoms with Gasteiger partial charge in [0.15, 0.2) is 5.82 Å². The molecule has 9 nitrogen and oxygen atoms in total. The Morgan fingerprint density at radius 2 is 1.97 bits per heavy atom. The summed E-state index contributed by atoms with van der Waals surface area (Å²) in [6, 6.07) is 8.05. The highest BCUT2D eigenvalue weighted by Crippen LogP contribution is 2.32. The maximum absolute atomic E-state index is 13.5. The Morgan fingerprint density at radius 3 is 2.76 bits per heavy atom. The fraction of sp³-hybridized carbons (Fsp3) is 0.391. The molecule has 0 atom stereocenters. The van der Waals surface area contributed by atoms with Crippen LogP contribution >= 0.6 is 0 Å². The van der Waals surface area contributed by atoms with Crippen molar-refractivity contribution in [1.29, 1.82) is 0 Å². The number of aliphatic imine (C=N–C) groups is 1. The Bertz CT molecular complexity index is 1100. The zero-order valence-corrected chi connectivity index (χ0v) is 18.2. The fourth-order valence-corrected chi connectivity index (χ4v) is 3.80. The molecule has 0 amide bonds. The molecule has 0 bridgehead atoms. The summed E-state index contributed by atoms with van der Waals surface area (Å²) in [5, 5.41) is 3.29. The number of nitrogens with zero attached hydrogens (tertiary/aromatic N) is 5. The first kappa shape index (κ1) is 21.5. The summed E-state index contributed by atoms with van der Waals surface area (Å²) < 4.78 is 25.0. The molecular weight excluding hydrogens is 425 g/mol. The summed E-state index contributed by atoms with van der Waals surface area (Å²) >= 11 is 0. The van der Waals surface area contributed by atoms with E-state index >= 15 is 0 Å². The molecule has 10 heteroatoms. The lowest BCUT2D eigenvalue weighted by atomic mass is 10.1. The van der Waals surface area contributed by atoms with Gasteiger partial charge in [0, 0.05) is 31.4 Å². The topological polar surface area (TPSA) is 101 Å². The van der Waals surface area contributed by atoms with Gasteiger partial charge < -0.3 is 24.7 Å². The largest absolute Gasteiger partial charge is 0.361 e. The van der Waals surface area contributed by atoms with Gasteiger partial charge >= 0.3 is 0 Å². The van der Waals surface area contributed by atoms with E-state index in [1.807, 2.05) is 12.4 Å². The lowest BCUT2D eigenvalue weighted by Crippen LogP contribution is -2.22. The van der Waals surface area contributed by atoms with Crippen molar-refractivity contribution >= 4 is 12.3 Å². The Labute approximate surface area is 191 Å². The molecule has 2 aromatic heterocycles. The van der Waals surface area contributed by atoms with Gasteiger partial charge in [0.1, 0.15) is 5.82 Å². The molecule has 2 aliphatic rings. The van der Waals surface area contributed by atoms with Crippen LogP contribution in [0.1, 0.15) is 25.0 Å². The molecular formula is C23H26FN7O2. The molecule has 2 aliphatic heterocycles. The van der Waals surface area contributed by atoms with Crippen LogP contribution in [0.4, 0.5) is 10.3 Å². The summed E-state index contributed by atoms with van der Waals surface area (Å²) in [4.78, 5) is 23.5. The number of anilines is 1. The number of aromatic amines is 1. The zero-order chi connectivity index (χ0) is 22.5. The summed E-state index contributed by atoms with van der Waals surface area (Å²) in [5.41, 5.74) is 2.80. The molecule has 1 aromatic carbocycles. The first-order valence-electron chi connectivity index (χ1n) is 11.2. The lowest BCUT2D eigenvalue weighted by Gasteiger charge is -2.21. The lowest BCUT2D eigenvalue weighted by molar-refractivity contribution is -0.186. The predicted octanol–water partition coefficient (Wildman–Crippen LogP) is 3.25. The van der Waals surface area contributed by atoms with Gasteiger partial charge in [-0.2, -0.15) is 0 Å². The molecule has 4 heterocycles. The van der Waals surface area contributed by atoms with E-state index in [4.69, 9.17) is 14.5 Å². The number of halogens is 1. The molecule has 1 saturated heterocycles. The summed E-state index contributed by atoms with van der Waals surface area (Å²) in [6.45, 7) is 4.76. The third kappa shape index (κ3) is 5.18. The van der Waals surface area contributed by atoms with E-state index in [9.17, 15) is 4.39 Å². The predicted molar refractivity (Wildman–Crippen MR) is 122 cm³/mol. The van der Waals surface area contributed by atoms with Crippen molar-refractivity contribution in [2.24, 2.45) is 4.99 Å². The first-order valence-corrected chi connectivity index (χ1v) is 11.2. The van der Waals surface area contributed by atoms with Gasteiger partial charge in [0.05, 0.1) is 43.2 Å². The number of nitrogens with one attached hydrogen (secondary N) is 2. The van der Waals surface area contributed by atoms with E-state index in [0.29, 0.717) is 42.1 Å². The Hall–Kier alpha value is -3.37. The van der Waals surface area contributed by atoms with Crippen LogP contribution < -0.4 is 5.32 Å². The fourth-order valence-electron chi connectivity index (χ4n) is 3.80. The normalized spacial score (nSPS) is 16.5. The number of hydrogen-bond acceptors (Lipinski definition) is 8. The maximum Gasteiger partial charge on any atom is 0.223 e. The second kappa shape index (κ2) is 10.1. The highest BCUT2D eigenvalue weighted by atomic mass is 19.1. The number of hydrogen-bond donors (Lipinski definition) is 2. The smallest absolute Gasteiger partial charge is 0.223 e. The van der Waals surface area contributed by atoms with Gasteiger partial charge in [-0.1, -0.05) is 0 Å². The molecule has 1 fully saturated rings. The third-order valence-corrected chi connectivity index (χ3v) is 5.47. The maximum atomic E-state index is 13.5. The van der Waals surface area contributed by atoms with E-state index in [2.05, 4.69) is 30.2 Å². The SMILES string of the molecule is Fc1ccc(-c2nc(C3OCCCO3)[nH]c2-c2ccnc(NCCCN3C=NCC3)n2)cc1. The molecule has 0 spiro atoms. The minimum atomic E-state index is -0.569. The van der Waals surface area contributed by atoms with Crippen molar-refractivity contribution in [1.82, 2.24) is 24.8 Å². The van der Waals surface area contributed by atoms with Crippen molar-refractivity contribution in [3.8, 4) is 22.6 Å². The van der Waals surface area contributed by atoms with Gasteiger partial charge in [-0.05, 0) is 43.2 Å². The van der Waals surface area contributed by atoms with Crippen LogP contribution in [0.3, 0.4) is 0 Å². The van der Waals surface area contributed by atoms with Crippen LogP contribution in [-0.2, 0) is 9.47 Å². The molecule has 0 radical (unpaired) electrons. The second-order valence-electron chi connectivity index (χ2n) is 7.88. The number of benzene rings is 1. The second-order valence-corrected chi connectivity index (χ2v) is 7.88. The van der Waals surface area contributed by atoms with Crippen LogP contribution in [0.2, 0.25) is 0 Å². The Morgan fingerprint density at radius 1 is 1.12 bits per heavy atom. The third-order valence-electron chi connectivity index (χ3n) is 5.47. The summed E-state index contributed by atoms with van der Waals surface area (Å²) in [6.07, 6.45) is 4.84. The molecule has 3 aromatic rings. The van der Waals surface area contributed by atoms with E-state index < -0.39 is 6.29 Å². The van der Waals surface area contributed by atoms with Gasteiger partial charge in [0.2, 0.25) is 12.2 Å². The van der Waals surface area contributed by atoms with Gasteiger partial charge in [0.25, 0.3) is 0 Å². The molecule has 0 saturated carbocycles. The van der Waals surface area contributed by atoms with Gasteiger partial charge in [-0.25, -0.2) is 19.3 Å². The molecule has 0 aliphatic carbocycles. The number of H-pyrrole nitrogens is 1. The van der Waals surface area contributed by atoms with Crippen molar-refractivity contribution < 1.29 is 13.9 Å². The van der Waals surface area contributed by atoms with Gasteiger partial charge in [-0.15, -0.1) is 0 Å². The average molecular weight is 452 g/mol. The molecule has 0 unspecified atom stereocenters. The summed E-state index contributed by atoms with van der Waals surface area (Å²) in [7, 11) is 0. The minimum Gasteiger partial charge on any atom is -0.361 e. The molecule has 5 rings (SSSR count). The van der Waals surface area contributed by atoms with Gasteiger partial charge in [-0.3, -0.25) is 4.99 Å². The Balaban J connectivity index is 1.37. The molecule has 172 valence electrons. The van der Waals surface area contributed by atoms with Crippen molar-refractivity contribution in [3.05, 3.63) is 48.2 Å². The van der Waals surface area contributed by atoms with Crippen LogP contribution in [0, 0.1) is 5.82 Å². The van der Waals surface area contributed by atoms with E-state index in [-0.39, 0.29) is 5.82 Å². The van der Waals surface area contributed by atoms with Crippen LogP contribution in [0.15, 0.2) is 41.5 Å². The van der Waals surface area contributed by atoms with Crippen LogP contribution in [0.5, 0.6) is 0 Å². The zero-order valence-electron chi connectivity index (χ0n) is 18.2.